The van der Waals surface area contributed by atoms with Gasteiger partial charge in [-0.3, -0.25) is 14.0 Å². The van der Waals surface area contributed by atoms with E-state index in [1.54, 1.807) is 4.90 Å². The van der Waals surface area contributed by atoms with E-state index in [2.05, 4.69) is 10.3 Å². The molecular weight excluding hydrogens is 364 g/mol. The van der Waals surface area contributed by atoms with Gasteiger partial charge in [0.15, 0.2) is 4.96 Å². The number of amides is 2. The molecule has 1 atom stereocenters. The van der Waals surface area contributed by atoms with Crippen LogP contribution in [0.2, 0.25) is 0 Å². The summed E-state index contributed by atoms with van der Waals surface area (Å²) in [6.45, 7) is 1.34. The number of ether oxygens (including phenoxy) is 1. The van der Waals surface area contributed by atoms with Crippen LogP contribution < -0.4 is 5.32 Å². The maximum Gasteiger partial charge on any atom is 0.229 e. The van der Waals surface area contributed by atoms with E-state index in [4.69, 9.17) is 4.74 Å². The van der Waals surface area contributed by atoms with Gasteiger partial charge in [0.25, 0.3) is 0 Å². The fourth-order valence-corrected chi connectivity index (χ4v) is 3.94. The third kappa shape index (κ3) is 4.17. The third-order valence-corrected chi connectivity index (χ3v) is 5.27. The second-order valence-electron chi connectivity index (χ2n) is 6.44. The van der Waals surface area contributed by atoms with Gasteiger partial charge < -0.3 is 15.0 Å². The molecule has 4 rings (SSSR count). The van der Waals surface area contributed by atoms with E-state index in [9.17, 15) is 9.59 Å². The topological polar surface area (TPSA) is 75.9 Å². The third-order valence-electron chi connectivity index (χ3n) is 4.50. The molecule has 1 saturated heterocycles. The smallest absolute Gasteiger partial charge is 0.229 e. The minimum Gasteiger partial charge on any atom is -0.377 e. The summed E-state index contributed by atoms with van der Waals surface area (Å²) in [5.41, 5.74) is 1.49. The van der Waals surface area contributed by atoms with Crippen LogP contribution in [0.1, 0.15) is 12.1 Å². The number of nitrogens with zero attached hydrogens (tertiary/aromatic N) is 3. The lowest BCUT2D eigenvalue weighted by Gasteiger charge is -2.35. The molecule has 140 valence electrons. The monoisotopic (exact) mass is 384 g/mol. The summed E-state index contributed by atoms with van der Waals surface area (Å²) >= 11 is 1.53. The average Bonchev–Trinajstić information content (AvgIpc) is 3.24. The van der Waals surface area contributed by atoms with Crippen molar-refractivity contribution in [1.82, 2.24) is 14.3 Å². The van der Waals surface area contributed by atoms with Crippen LogP contribution in [0.15, 0.2) is 48.1 Å². The van der Waals surface area contributed by atoms with Crippen LogP contribution >= 0.6 is 11.3 Å². The number of anilines is 1. The summed E-state index contributed by atoms with van der Waals surface area (Å²) in [6, 6.07) is 9.03. The first kappa shape index (κ1) is 17.7. The van der Waals surface area contributed by atoms with E-state index in [0.717, 1.165) is 16.3 Å². The molecule has 2 amide bonds. The molecule has 0 saturated carbocycles. The lowest BCUT2D eigenvalue weighted by Crippen LogP contribution is -2.50. The zero-order valence-electron chi connectivity index (χ0n) is 14.7. The van der Waals surface area contributed by atoms with Crippen LogP contribution in [0.25, 0.3) is 4.96 Å². The number of hydrogen-bond acceptors (Lipinski definition) is 5. The molecule has 0 spiro atoms. The Hall–Kier alpha value is -2.71. The van der Waals surface area contributed by atoms with Gasteiger partial charge in [0.2, 0.25) is 11.8 Å². The van der Waals surface area contributed by atoms with Gasteiger partial charge in [0.05, 0.1) is 31.4 Å². The molecule has 8 heteroatoms. The quantitative estimate of drug-likeness (QED) is 0.732. The fourth-order valence-electron chi connectivity index (χ4n) is 3.22. The van der Waals surface area contributed by atoms with Gasteiger partial charge in [0.1, 0.15) is 0 Å². The first-order chi connectivity index (χ1) is 13.2. The zero-order chi connectivity index (χ0) is 18.6. The Kier molecular flexibility index (Phi) is 5.17. The summed E-state index contributed by atoms with van der Waals surface area (Å²) in [5.74, 6) is -0.154. The molecular formula is C19H20N4O3S. The highest BCUT2D eigenvalue weighted by Crippen LogP contribution is 2.16. The number of nitrogens with one attached hydrogen (secondary N) is 1. The van der Waals surface area contributed by atoms with Crippen LogP contribution in [0, 0.1) is 0 Å². The van der Waals surface area contributed by atoms with Crippen molar-refractivity contribution in [3.05, 3.63) is 53.8 Å². The number of hydrogen-bond donors (Lipinski definition) is 1. The number of benzene rings is 1. The van der Waals surface area contributed by atoms with Crippen molar-refractivity contribution in [3.63, 3.8) is 0 Å². The first-order valence-corrected chi connectivity index (χ1v) is 9.70. The van der Waals surface area contributed by atoms with Crippen LogP contribution in [0.5, 0.6) is 0 Å². The Morgan fingerprint density at radius 1 is 1.30 bits per heavy atom. The van der Waals surface area contributed by atoms with Gasteiger partial charge in [-0.1, -0.05) is 18.2 Å². The highest BCUT2D eigenvalue weighted by Gasteiger charge is 2.29. The van der Waals surface area contributed by atoms with Crippen LogP contribution in [-0.4, -0.2) is 51.9 Å². The molecule has 0 aliphatic carbocycles. The molecule has 0 radical (unpaired) electrons. The van der Waals surface area contributed by atoms with Crippen LogP contribution in [0.3, 0.4) is 0 Å². The molecule has 1 fully saturated rings. The van der Waals surface area contributed by atoms with E-state index >= 15 is 0 Å². The highest BCUT2D eigenvalue weighted by atomic mass is 32.1. The average molecular weight is 384 g/mol. The van der Waals surface area contributed by atoms with Crippen molar-refractivity contribution < 1.29 is 14.3 Å². The summed E-state index contributed by atoms with van der Waals surface area (Å²) in [6.07, 6.45) is 4.23. The molecule has 1 aliphatic heterocycles. The molecule has 1 aliphatic rings. The van der Waals surface area contributed by atoms with Crippen molar-refractivity contribution in [2.24, 2.45) is 0 Å². The predicted octanol–water partition coefficient (Wildman–Crippen LogP) is 2.19. The van der Waals surface area contributed by atoms with Gasteiger partial charge in [0, 0.05) is 36.4 Å². The summed E-state index contributed by atoms with van der Waals surface area (Å²) in [4.78, 5) is 32.3. The van der Waals surface area contributed by atoms with Gasteiger partial charge in [-0.15, -0.1) is 11.3 Å². The molecule has 1 unspecified atom stereocenters. The molecule has 7 nitrogen and oxygen atoms in total. The number of carbonyl (C=O) groups excluding carboxylic acids is 2. The van der Waals surface area contributed by atoms with Gasteiger partial charge in [-0.2, -0.15) is 0 Å². The van der Waals surface area contributed by atoms with Crippen LogP contribution in [-0.2, 0) is 20.7 Å². The standard InChI is InChI=1S/C19H20N4O3S/c24-17(20-14-4-2-1-3-5-14)11-16-13-26-8-6-23(16)18(25)10-15-12-22-7-9-27-19(22)21-15/h1-5,7,9,12,16H,6,8,10-11,13H2,(H,20,24). The van der Waals surface area contributed by atoms with Gasteiger partial charge in [-0.05, 0) is 12.1 Å². The Bertz CT molecular complexity index is 908. The minimum atomic E-state index is -0.265. The van der Waals surface area contributed by atoms with Gasteiger partial charge in [-0.25, -0.2) is 4.98 Å². The van der Waals surface area contributed by atoms with E-state index < -0.39 is 0 Å². The van der Waals surface area contributed by atoms with E-state index in [1.165, 1.54) is 11.3 Å². The van der Waals surface area contributed by atoms with Crippen LogP contribution in [0.4, 0.5) is 5.69 Å². The molecule has 2 aromatic heterocycles. The van der Waals surface area contributed by atoms with Crippen molar-refractivity contribution in [3.8, 4) is 0 Å². The summed E-state index contributed by atoms with van der Waals surface area (Å²) in [7, 11) is 0. The van der Waals surface area contributed by atoms with E-state index in [0.29, 0.717) is 19.8 Å². The Morgan fingerprint density at radius 3 is 2.96 bits per heavy atom. The number of aromatic nitrogens is 2. The number of fused-ring (bicyclic) bond motifs is 1. The predicted molar refractivity (Wildman–Crippen MR) is 103 cm³/mol. The van der Waals surface area contributed by atoms with Crippen molar-refractivity contribution in [2.75, 3.05) is 25.1 Å². The van der Waals surface area contributed by atoms with Crippen molar-refractivity contribution >= 4 is 33.8 Å². The molecule has 3 aromatic rings. The van der Waals surface area contributed by atoms with E-state index in [-0.39, 0.29) is 30.7 Å². The Balaban J connectivity index is 1.39. The Morgan fingerprint density at radius 2 is 2.15 bits per heavy atom. The summed E-state index contributed by atoms with van der Waals surface area (Å²) in [5, 5.41) is 4.82. The zero-order valence-corrected chi connectivity index (χ0v) is 15.5. The molecule has 0 bridgehead atoms. The first-order valence-electron chi connectivity index (χ1n) is 8.82. The summed E-state index contributed by atoms with van der Waals surface area (Å²) < 4.78 is 7.42. The fraction of sp³-hybridized carbons (Fsp3) is 0.316. The number of rotatable bonds is 5. The Labute approximate surface area is 160 Å². The molecule has 3 heterocycles. The largest absolute Gasteiger partial charge is 0.377 e. The lowest BCUT2D eigenvalue weighted by atomic mass is 10.1. The number of morpholine rings is 1. The maximum absolute atomic E-state index is 12.8. The minimum absolute atomic E-state index is 0.0263. The number of para-hydroxylation sites is 1. The lowest BCUT2D eigenvalue weighted by molar-refractivity contribution is -0.140. The molecule has 1 N–H and O–H groups in total. The maximum atomic E-state index is 12.8. The SMILES string of the molecule is O=C(CC1COCCN1C(=O)Cc1cn2ccsc2n1)Nc1ccccc1. The number of imidazole rings is 1. The highest BCUT2D eigenvalue weighted by molar-refractivity contribution is 7.15. The number of thiazole rings is 1. The second kappa shape index (κ2) is 7.89. The molecule has 27 heavy (non-hydrogen) atoms. The van der Waals surface area contributed by atoms with E-state index in [1.807, 2.05) is 52.5 Å². The molecule has 1 aromatic carbocycles. The van der Waals surface area contributed by atoms with Crippen molar-refractivity contribution in [1.29, 1.82) is 0 Å². The van der Waals surface area contributed by atoms with Gasteiger partial charge >= 0.3 is 0 Å². The second-order valence-corrected chi connectivity index (χ2v) is 7.31. The number of carbonyl (C=O) groups is 2. The normalized spacial score (nSPS) is 17.2. The van der Waals surface area contributed by atoms with Crippen molar-refractivity contribution in [2.45, 2.75) is 18.9 Å².